The molecular formula is C9H11BrN2O5. The molecule has 94 valence electrons. The molecule has 0 unspecified atom stereocenters. The van der Waals surface area contributed by atoms with Crippen molar-refractivity contribution in [2.45, 2.75) is 6.42 Å². The maximum Gasteiger partial charge on any atom is 0.334 e. The van der Waals surface area contributed by atoms with Crippen LogP contribution in [0.4, 0.5) is 0 Å². The second-order valence-electron chi connectivity index (χ2n) is 3.04. The Kier molecular flexibility index (Phi) is 4.83. The lowest BCUT2D eigenvalue weighted by atomic mass is 10.4. The summed E-state index contributed by atoms with van der Waals surface area (Å²) in [4.78, 5) is 26.7. The summed E-state index contributed by atoms with van der Waals surface area (Å²) in [5.74, 6) is -1.72. The zero-order chi connectivity index (χ0) is 12.8. The molecule has 8 heteroatoms. The Morgan fingerprint density at radius 1 is 1.35 bits per heavy atom. The molecule has 7 nitrogen and oxygen atoms in total. The molecule has 0 fully saturated rings. The van der Waals surface area contributed by atoms with E-state index in [0.29, 0.717) is 4.73 Å². The first-order valence-electron chi connectivity index (χ1n) is 4.68. The number of aromatic nitrogens is 1. The van der Waals surface area contributed by atoms with Crippen LogP contribution in [-0.4, -0.2) is 38.7 Å². The van der Waals surface area contributed by atoms with Crippen molar-refractivity contribution in [3.05, 3.63) is 12.1 Å². The predicted molar refractivity (Wildman–Crippen MR) is 60.8 cm³/mol. The summed E-state index contributed by atoms with van der Waals surface area (Å²) < 4.78 is 0.592. The van der Waals surface area contributed by atoms with Gasteiger partial charge in [-0.05, 0) is 0 Å². The van der Waals surface area contributed by atoms with Gasteiger partial charge in [0.05, 0.1) is 11.8 Å². The van der Waals surface area contributed by atoms with Crippen LogP contribution in [0.3, 0.4) is 0 Å². The number of amides is 1. The highest BCUT2D eigenvalue weighted by atomic mass is 79.9. The Morgan fingerprint density at radius 2 is 1.94 bits per heavy atom. The fraction of sp³-hybridized carbons (Fsp3) is 0.333. The van der Waals surface area contributed by atoms with E-state index >= 15 is 0 Å². The van der Waals surface area contributed by atoms with Gasteiger partial charge in [0.1, 0.15) is 0 Å². The Labute approximate surface area is 105 Å². The molecule has 3 N–H and O–H groups in total. The van der Waals surface area contributed by atoms with Gasteiger partial charge in [0, 0.05) is 18.7 Å². The maximum atomic E-state index is 11.3. The SMILES string of the molecule is O=C(CBr)NCCC(=O)On1c(O)ccc1O. The third-order valence-electron chi connectivity index (χ3n) is 1.76. The van der Waals surface area contributed by atoms with Gasteiger partial charge in [-0.2, -0.15) is 0 Å². The van der Waals surface area contributed by atoms with Crippen LogP contribution >= 0.6 is 15.9 Å². The predicted octanol–water partition coefficient (Wildman–Crippen LogP) is -0.244. The minimum absolute atomic E-state index is 0.0736. The average Bonchev–Trinajstić information content (AvgIpc) is 2.60. The van der Waals surface area contributed by atoms with E-state index in [1.165, 1.54) is 12.1 Å². The molecule has 0 saturated carbocycles. The molecule has 0 aliphatic rings. The van der Waals surface area contributed by atoms with Crippen molar-refractivity contribution in [3.8, 4) is 11.8 Å². The molecule has 0 aliphatic carbocycles. The zero-order valence-electron chi connectivity index (χ0n) is 8.72. The number of rotatable bonds is 5. The van der Waals surface area contributed by atoms with Crippen LogP contribution in [-0.2, 0) is 9.59 Å². The van der Waals surface area contributed by atoms with Crippen LogP contribution in [0.2, 0.25) is 0 Å². The van der Waals surface area contributed by atoms with E-state index < -0.39 is 5.97 Å². The van der Waals surface area contributed by atoms with Gasteiger partial charge in [-0.25, -0.2) is 4.79 Å². The average molecular weight is 307 g/mol. The second kappa shape index (κ2) is 6.14. The van der Waals surface area contributed by atoms with Crippen LogP contribution in [0, 0.1) is 0 Å². The number of alkyl halides is 1. The van der Waals surface area contributed by atoms with Crippen LogP contribution in [0.25, 0.3) is 0 Å². The highest BCUT2D eigenvalue weighted by molar-refractivity contribution is 9.09. The van der Waals surface area contributed by atoms with Gasteiger partial charge in [0.25, 0.3) is 0 Å². The van der Waals surface area contributed by atoms with Crippen molar-refractivity contribution in [1.29, 1.82) is 0 Å². The highest BCUT2D eigenvalue weighted by Gasteiger charge is 2.12. The number of hydrogen-bond donors (Lipinski definition) is 3. The lowest BCUT2D eigenvalue weighted by molar-refractivity contribution is -0.145. The molecule has 0 atom stereocenters. The molecule has 0 radical (unpaired) electrons. The fourth-order valence-corrected chi connectivity index (χ4v) is 1.19. The second-order valence-corrected chi connectivity index (χ2v) is 3.60. The van der Waals surface area contributed by atoms with Gasteiger partial charge in [0.2, 0.25) is 17.7 Å². The number of carbonyl (C=O) groups excluding carboxylic acids is 2. The number of aromatic hydroxyl groups is 2. The summed E-state index contributed by atoms with van der Waals surface area (Å²) in [6.45, 7) is 0.117. The summed E-state index contributed by atoms with van der Waals surface area (Å²) in [6.07, 6.45) is -0.0736. The quantitative estimate of drug-likeness (QED) is 0.652. The Morgan fingerprint density at radius 3 is 2.47 bits per heavy atom. The maximum absolute atomic E-state index is 11.3. The number of halogens is 1. The minimum atomic E-state index is -0.693. The highest BCUT2D eigenvalue weighted by Crippen LogP contribution is 2.18. The third kappa shape index (κ3) is 3.99. The number of carbonyl (C=O) groups is 2. The minimum Gasteiger partial charge on any atom is -0.492 e. The molecule has 0 aliphatic heterocycles. The summed E-state index contributed by atoms with van der Waals surface area (Å²) in [6, 6.07) is 2.35. The summed E-state index contributed by atoms with van der Waals surface area (Å²) in [5, 5.41) is 21.0. The van der Waals surface area contributed by atoms with Crippen molar-refractivity contribution in [2.24, 2.45) is 0 Å². The molecule has 1 amide bonds. The number of nitrogens with zero attached hydrogens (tertiary/aromatic N) is 1. The van der Waals surface area contributed by atoms with E-state index in [-0.39, 0.29) is 36.0 Å². The molecule has 1 aromatic heterocycles. The first-order valence-corrected chi connectivity index (χ1v) is 5.80. The van der Waals surface area contributed by atoms with Gasteiger partial charge in [-0.1, -0.05) is 15.9 Å². The van der Waals surface area contributed by atoms with Gasteiger partial charge >= 0.3 is 5.97 Å². The Bertz CT molecular complexity index is 398. The molecule has 0 aromatic carbocycles. The van der Waals surface area contributed by atoms with Gasteiger partial charge in [0.15, 0.2) is 0 Å². The van der Waals surface area contributed by atoms with Crippen LogP contribution in [0.15, 0.2) is 12.1 Å². The topological polar surface area (TPSA) is 101 Å². The van der Waals surface area contributed by atoms with E-state index in [2.05, 4.69) is 26.1 Å². The van der Waals surface area contributed by atoms with Crippen molar-refractivity contribution >= 4 is 27.8 Å². The molecule has 1 rings (SSSR count). The van der Waals surface area contributed by atoms with Crippen LogP contribution in [0.1, 0.15) is 6.42 Å². The normalized spacial score (nSPS) is 9.94. The molecular weight excluding hydrogens is 296 g/mol. The Balaban J connectivity index is 2.38. The van der Waals surface area contributed by atoms with Crippen molar-refractivity contribution < 1.29 is 24.6 Å². The van der Waals surface area contributed by atoms with E-state index in [1.807, 2.05) is 0 Å². The van der Waals surface area contributed by atoms with E-state index in [0.717, 1.165) is 0 Å². The molecule has 17 heavy (non-hydrogen) atoms. The Hall–Kier alpha value is -1.70. The third-order valence-corrected chi connectivity index (χ3v) is 2.27. The summed E-state index contributed by atoms with van der Waals surface area (Å²) >= 11 is 2.95. The first-order chi connectivity index (χ1) is 8.04. The van der Waals surface area contributed by atoms with E-state index in [1.54, 1.807) is 0 Å². The van der Waals surface area contributed by atoms with Crippen molar-refractivity contribution in [2.75, 3.05) is 11.9 Å². The van der Waals surface area contributed by atoms with Crippen molar-refractivity contribution in [1.82, 2.24) is 10.0 Å². The van der Waals surface area contributed by atoms with Crippen LogP contribution < -0.4 is 10.2 Å². The summed E-state index contributed by atoms with van der Waals surface area (Å²) in [7, 11) is 0. The van der Waals surface area contributed by atoms with Gasteiger partial charge in [-0.3, -0.25) is 4.79 Å². The smallest absolute Gasteiger partial charge is 0.334 e. The van der Waals surface area contributed by atoms with Crippen LogP contribution in [0.5, 0.6) is 11.8 Å². The fourth-order valence-electron chi connectivity index (χ4n) is 0.994. The van der Waals surface area contributed by atoms with Crippen molar-refractivity contribution in [3.63, 3.8) is 0 Å². The monoisotopic (exact) mass is 306 g/mol. The van der Waals surface area contributed by atoms with Gasteiger partial charge in [-0.15, -0.1) is 4.73 Å². The lowest BCUT2D eigenvalue weighted by Gasteiger charge is -2.07. The standard InChI is InChI=1S/C9H11BrN2O5/c10-5-6(13)11-4-3-9(16)17-12-7(14)1-2-8(12)15/h1-2,14-15H,3-5H2,(H,11,13). The largest absolute Gasteiger partial charge is 0.492 e. The molecule has 0 spiro atoms. The summed E-state index contributed by atoms with van der Waals surface area (Å²) in [5.41, 5.74) is 0. The van der Waals surface area contributed by atoms with E-state index in [4.69, 9.17) is 0 Å². The lowest BCUT2D eigenvalue weighted by Crippen LogP contribution is -2.29. The molecule has 0 saturated heterocycles. The molecule has 1 heterocycles. The number of hydrogen-bond acceptors (Lipinski definition) is 5. The number of nitrogens with one attached hydrogen (secondary N) is 1. The zero-order valence-corrected chi connectivity index (χ0v) is 10.3. The molecule has 1 aromatic rings. The first kappa shape index (κ1) is 13.4. The molecule has 0 bridgehead atoms. The van der Waals surface area contributed by atoms with E-state index in [9.17, 15) is 19.8 Å². The van der Waals surface area contributed by atoms with Gasteiger partial charge < -0.3 is 20.4 Å².